The van der Waals surface area contributed by atoms with Crippen LogP contribution in [0.3, 0.4) is 0 Å². The molecule has 0 saturated carbocycles. The fourth-order valence-electron chi connectivity index (χ4n) is 7.61. The van der Waals surface area contributed by atoms with E-state index in [0.717, 1.165) is 66.2 Å². The van der Waals surface area contributed by atoms with Gasteiger partial charge in [-0.2, -0.15) is 0 Å². The molecule has 0 saturated heterocycles. The molecule has 7 heteroatoms. The molecule has 0 bridgehead atoms. The third kappa shape index (κ3) is 4.89. The topological polar surface area (TPSA) is 55.4 Å². The van der Waals surface area contributed by atoms with Crippen LogP contribution in [0.5, 0.6) is 34.5 Å². The Hall–Kier alpha value is -3.84. The van der Waals surface area contributed by atoms with Gasteiger partial charge in [0, 0.05) is 15.6 Å². The van der Waals surface area contributed by atoms with Crippen LogP contribution in [0.4, 0.5) is 0 Å². The van der Waals surface area contributed by atoms with Crippen molar-refractivity contribution in [3.8, 4) is 34.5 Å². The molecule has 6 nitrogen and oxygen atoms in total. The summed E-state index contributed by atoms with van der Waals surface area (Å²) in [6, 6.07) is 6.92. The van der Waals surface area contributed by atoms with Crippen molar-refractivity contribution in [1.29, 1.82) is 0 Å². The molecule has 1 aliphatic rings. The van der Waals surface area contributed by atoms with Gasteiger partial charge in [-0.1, -0.05) is 41.5 Å². The largest absolute Gasteiger partial charge is 0.493 e. The molecule has 0 heterocycles. The SMILES string of the molecule is COc1c([Si](C2=C(C)C(C)=C(C)C2C)(c2cc(C)c(C)c(OC)c2OC)c2cc(C)c(C)c(OC)c2OC)cc(C)c(C)c1OC. The number of hydrogen-bond donors (Lipinski definition) is 0. The van der Waals surface area contributed by atoms with Crippen molar-refractivity contribution in [1.82, 2.24) is 0 Å². The van der Waals surface area contributed by atoms with Gasteiger partial charge in [0.2, 0.25) is 0 Å². The van der Waals surface area contributed by atoms with E-state index in [4.69, 9.17) is 28.4 Å². The van der Waals surface area contributed by atoms with E-state index in [9.17, 15) is 0 Å². The Morgan fingerprint density at radius 2 is 0.717 bits per heavy atom. The van der Waals surface area contributed by atoms with Crippen LogP contribution in [0.25, 0.3) is 0 Å². The Balaban J connectivity index is 2.56. The van der Waals surface area contributed by atoms with Gasteiger partial charge in [0.15, 0.2) is 42.6 Å². The fraction of sp³-hybridized carbons (Fsp3) is 0.436. The number of benzene rings is 3. The van der Waals surface area contributed by atoms with Gasteiger partial charge >= 0.3 is 0 Å². The van der Waals surface area contributed by atoms with Crippen molar-refractivity contribution in [2.24, 2.45) is 5.92 Å². The Bertz CT molecular complexity index is 1600. The van der Waals surface area contributed by atoms with Crippen molar-refractivity contribution in [3.63, 3.8) is 0 Å². The summed E-state index contributed by atoms with van der Waals surface area (Å²) in [5, 5.41) is 4.53. The molecule has 1 atom stereocenters. The van der Waals surface area contributed by atoms with Gasteiger partial charge in [-0.25, -0.2) is 0 Å². The Morgan fingerprint density at radius 3 is 0.935 bits per heavy atom. The summed E-state index contributed by atoms with van der Waals surface area (Å²) in [5.74, 6) is 4.44. The normalized spacial score (nSPS) is 15.0. The Labute approximate surface area is 277 Å². The van der Waals surface area contributed by atoms with Gasteiger partial charge in [-0.05, 0) is 107 Å². The van der Waals surface area contributed by atoms with Crippen molar-refractivity contribution in [3.05, 3.63) is 73.5 Å². The van der Waals surface area contributed by atoms with Crippen LogP contribution in [0.1, 0.15) is 61.1 Å². The lowest BCUT2D eigenvalue weighted by Crippen LogP contribution is -2.70. The smallest absolute Gasteiger partial charge is 0.190 e. The molecule has 0 aliphatic heterocycles. The predicted molar refractivity (Wildman–Crippen MR) is 192 cm³/mol. The minimum atomic E-state index is -3.48. The zero-order valence-corrected chi connectivity index (χ0v) is 31.8. The molecular weight excluding hydrogens is 593 g/mol. The lowest BCUT2D eigenvalue weighted by Gasteiger charge is -2.42. The van der Waals surface area contributed by atoms with Crippen LogP contribution in [-0.2, 0) is 0 Å². The molecular formula is C39H52O6Si. The summed E-state index contributed by atoms with van der Waals surface area (Å²) >= 11 is 0. The van der Waals surface area contributed by atoms with E-state index in [1.54, 1.807) is 42.7 Å². The summed E-state index contributed by atoms with van der Waals surface area (Å²) in [6.07, 6.45) is 0. The molecule has 4 rings (SSSR count). The third-order valence-electron chi connectivity index (χ3n) is 10.7. The molecule has 3 aromatic rings. The van der Waals surface area contributed by atoms with Gasteiger partial charge in [-0.15, -0.1) is 0 Å². The lowest BCUT2D eigenvalue weighted by molar-refractivity contribution is 0.353. The highest BCUT2D eigenvalue weighted by molar-refractivity contribution is 7.17. The van der Waals surface area contributed by atoms with Crippen molar-refractivity contribution in [2.75, 3.05) is 42.7 Å². The molecule has 46 heavy (non-hydrogen) atoms. The number of methoxy groups -OCH3 is 6. The molecule has 3 aromatic carbocycles. The van der Waals surface area contributed by atoms with E-state index in [0.29, 0.717) is 17.2 Å². The van der Waals surface area contributed by atoms with E-state index in [-0.39, 0.29) is 5.92 Å². The molecule has 0 radical (unpaired) electrons. The molecule has 0 amide bonds. The van der Waals surface area contributed by atoms with E-state index in [1.165, 1.54) is 21.9 Å². The summed E-state index contributed by atoms with van der Waals surface area (Å²) in [7, 11) is 6.88. The van der Waals surface area contributed by atoms with Crippen molar-refractivity contribution < 1.29 is 28.4 Å². The molecule has 1 aliphatic carbocycles. The first-order valence-corrected chi connectivity index (χ1v) is 17.8. The van der Waals surface area contributed by atoms with Crippen LogP contribution in [0.15, 0.2) is 40.1 Å². The number of ether oxygens (including phenoxy) is 6. The lowest BCUT2D eigenvalue weighted by atomic mass is 10.1. The first kappa shape index (κ1) is 35.0. The minimum absolute atomic E-state index is 0.124. The monoisotopic (exact) mass is 644 g/mol. The second-order valence-corrected chi connectivity index (χ2v) is 16.3. The van der Waals surface area contributed by atoms with Crippen LogP contribution in [0.2, 0.25) is 0 Å². The highest BCUT2D eigenvalue weighted by atomic mass is 28.3. The zero-order chi connectivity index (χ0) is 34.4. The third-order valence-corrected chi connectivity index (χ3v) is 15.9. The maximum Gasteiger partial charge on any atom is 0.190 e. The van der Waals surface area contributed by atoms with Crippen LogP contribution in [0, 0.1) is 47.5 Å². The summed E-state index contributed by atoms with van der Waals surface area (Å²) in [5.41, 5.74) is 10.4. The van der Waals surface area contributed by atoms with Crippen molar-refractivity contribution in [2.45, 2.75) is 69.2 Å². The number of hydrogen-bond acceptors (Lipinski definition) is 6. The van der Waals surface area contributed by atoms with Crippen LogP contribution < -0.4 is 44.0 Å². The predicted octanol–water partition coefficient (Wildman–Crippen LogP) is 6.90. The average Bonchev–Trinajstić information content (AvgIpc) is 3.23. The second-order valence-electron chi connectivity index (χ2n) is 12.6. The molecule has 248 valence electrons. The van der Waals surface area contributed by atoms with Gasteiger partial charge in [-0.3, -0.25) is 0 Å². The van der Waals surface area contributed by atoms with Crippen LogP contribution >= 0.6 is 0 Å². The fourth-order valence-corrected chi connectivity index (χ4v) is 13.9. The van der Waals surface area contributed by atoms with E-state index in [2.05, 4.69) is 87.4 Å². The first-order chi connectivity index (χ1) is 21.7. The Morgan fingerprint density at radius 1 is 0.435 bits per heavy atom. The van der Waals surface area contributed by atoms with Crippen molar-refractivity contribution >= 4 is 23.6 Å². The van der Waals surface area contributed by atoms with E-state index in [1.807, 2.05) is 0 Å². The summed E-state index contributed by atoms with van der Waals surface area (Å²) in [4.78, 5) is 0. The maximum atomic E-state index is 6.43. The standard InChI is InChI=1S/C39H52O6Si/c1-20-17-30(36(43-14)33(40-11)23(20)4)46(39-28(9)26(7)27(8)29(39)10,31-18-21(2)24(5)34(41-12)37(31)44-15)32-19-22(3)25(6)35(42-13)38(32)45-16/h17-19,28H,1-16H3. The number of allylic oxidation sites excluding steroid dienone is 4. The van der Waals surface area contributed by atoms with E-state index >= 15 is 0 Å². The van der Waals surface area contributed by atoms with E-state index < -0.39 is 8.07 Å². The first-order valence-electron chi connectivity index (χ1n) is 15.8. The van der Waals surface area contributed by atoms with Gasteiger partial charge in [0.25, 0.3) is 0 Å². The number of aryl methyl sites for hydroxylation is 3. The number of rotatable bonds is 10. The highest BCUT2D eigenvalue weighted by Gasteiger charge is 2.54. The molecule has 1 unspecified atom stereocenters. The molecule has 0 N–H and O–H groups in total. The average molecular weight is 645 g/mol. The highest BCUT2D eigenvalue weighted by Crippen LogP contribution is 2.48. The van der Waals surface area contributed by atoms with Gasteiger partial charge < -0.3 is 28.4 Å². The van der Waals surface area contributed by atoms with Gasteiger partial charge in [0.1, 0.15) is 0 Å². The Kier molecular flexibility index (Phi) is 9.98. The summed E-state index contributed by atoms with van der Waals surface area (Å²) in [6.45, 7) is 21.8. The second kappa shape index (κ2) is 13.1. The molecule has 0 spiro atoms. The van der Waals surface area contributed by atoms with Gasteiger partial charge in [0.05, 0.1) is 42.7 Å². The molecule has 0 aromatic heterocycles. The van der Waals surface area contributed by atoms with Crippen LogP contribution in [-0.4, -0.2) is 50.7 Å². The zero-order valence-electron chi connectivity index (χ0n) is 30.8. The maximum absolute atomic E-state index is 6.43. The quantitative estimate of drug-likeness (QED) is 0.177. The minimum Gasteiger partial charge on any atom is -0.493 e. The summed E-state index contributed by atoms with van der Waals surface area (Å²) < 4.78 is 37.8. The molecule has 0 fully saturated rings.